The molecule has 0 aliphatic rings. The minimum absolute atomic E-state index is 0.396. The summed E-state index contributed by atoms with van der Waals surface area (Å²) in [5, 5.41) is 4.51. The fourth-order valence-corrected chi connectivity index (χ4v) is 1.98. The van der Waals surface area contributed by atoms with Crippen molar-refractivity contribution in [1.82, 2.24) is 4.98 Å². The largest absolute Gasteiger partial charge is 0.493 e. The van der Waals surface area contributed by atoms with Crippen molar-refractivity contribution in [2.75, 3.05) is 26.8 Å². The van der Waals surface area contributed by atoms with Crippen LogP contribution in [-0.2, 0) is 0 Å². The lowest BCUT2D eigenvalue weighted by Gasteiger charge is -2.12. The van der Waals surface area contributed by atoms with Crippen LogP contribution in [0.3, 0.4) is 0 Å². The van der Waals surface area contributed by atoms with Crippen molar-refractivity contribution in [3.8, 4) is 17.2 Å². The molecule has 6 nitrogen and oxygen atoms in total. The molecule has 0 amide bonds. The van der Waals surface area contributed by atoms with Crippen LogP contribution in [0.25, 0.3) is 0 Å². The lowest BCUT2D eigenvalue weighted by atomic mass is 10.2. The monoisotopic (exact) mass is 321 g/mol. The van der Waals surface area contributed by atoms with E-state index in [1.807, 2.05) is 0 Å². The third-order valence-electron chi connectivity index (χ3n) is 2.79. The molecule has 2 rings (SSSR count). The molecule has 1 aromatic carbocycles. The van der Waals surface area contributed by atoms with Crippen molar-refractivity contribution >= 4 is 23.6 Å². The predicted molar refractivity (Wildman–Crippen MR) is 86.6 cm³/mol. The van der Waals surface area contributed by atoms with E-state index >= 15 is 0 Å². The second-order valence-corrected chi connectivity index (χ2v) is 4.56. The first-order valence-electron chi connectivity index (χ1n) is 6.39. The molecule has 0 unspecified atom stereocenters. The molecule has 0 bridgehead atoms. The molecule has 116 valence electrons. The topological polar surface area (TPSA) is 65.0 Å². The molecule has 0 radical (unpaired) electrons. The molecule has 0 saturated heterocycles. The first-order chi connectivity index (χ1) is 10.7. The number of benzene rings is 1. The summed E-state index contributed by atoms with van der Waals surface area (Å²) < 4.78 is 15.8. The van der Waals surface area contributed by atoms with E-state index in [0.29, 0.717) is 28.2 Å². The average molecular weight is 322 g/mol. The molecular formula is C15H16ClN3O3. The van der Waals surface area contributed by atoms with Crippen LogP contribution < -0.4 is 19.6 Å². The first kappa shape index (κ1) is 15.9. The van der Waals surface area contributed by atoms with E-state index in [9.17, 15) is 0 Å². The van der Waals surface area contributed by atoms with Gasteiger partial charge in [-0.3, -0.25) is 5.43 Å². The standard InChI is InChI=1S/C15H16ClN3O3/c1-20-11-7-10(8-12(21-2)15(11)22-3)9-17-19-14-6-4-5-13(16)18-14/h4-9H,1-3H3,(H,18,19). The molecule has 1 aromatic heterocycles. The summed E-state index contributed by atoms with van der Waals surface area (Å²) in [5.41, 5.74) is 3.58. The normalized spacial score (nSPS) is 10.5. The van der Waals surface area contributed by atoms with Crippen molar-refractivity contribution in [1.29, 1.82) is 0 Å². The smallest absolute Gasteiger partial charge is 0.203 e. The molecule has 0 aliphatic carbocycles. The Labute approximate surface area is 133 Å². The average Bonchev–Trinajstić information content (AvgIpc) is 2.53. The third-order valence-corrected chi connectivity index (χ3v) is 3.01. The summed E-state index contributed by atoms with van der Waals surface area (Å²) in [4.78, 5) is 4.07. The number of rotatable bonds is 6. The highest BCUT2D eigenvalue weighted by Crippen LogP contribution is 2.37. The van der Waals surface area contributed by atoms with Gasteiger partial charge in [-0.25, -0.2) is 4.98 Å². The maximum atomic E-state index is 5.80. The summed E-state index contributed by atoms with van der Waals surface area (Å²) >= 11 is 5.80. The number of aromatic nitrogens is 1. The molecule has 0 atom stereocenters. The van der Waals surface area contributed by atoms with Gasteiger partial charge in [0.15, 0.2) is 11.5 Å². The lowest BCUT2D eigenvalue weighted by molar-refractivity contribution is 0.324. The van der Waals surface area contributed by atoms with Crippen LogP contribution in [-0.4, -0.2) is 32.5 Å². The van der Waals surface area contributed by atoms with Crippen LogP contribution in [0.15, 0.2) is 35.4 Å². The molecule has 0 aliphatic heterocycles. The van der Waals surface area contributed by atoms with Crippen LogP contribution >= 0.6 is 11.6 Å². The number of nitrogens with zero attached hydrogens (tertiary/aromatic N) is 2. The molecule has 7 heteroatoms. The van der Waals surface area contributed by atoms with Crippen molar-refractivity contribution in [3.63, 3.8) is 0 Å². The van der Waals surface area contributed by atoms with Crippen molar-refractivity contribution < 1.29 is 14.2 Å². The Balaban J connectivity index is 2.20. The van der Waals surface area contributed by atoms with E-state index in [-0.39, 0.29) is 0 Å². The van der Waals surface area contributed by atoms with E-state index in [4.69, 9.17) is 25.8 Å². The number of hydrogen-bond acceptors (Lipinski definition) is 6. The van der Waals surface area contributed by atoms with Crippen LogP contribution in [0.5, 0.6) is 17.2 Å². The Morgan fingerprint density at radius 1 is 1.09 bits per heavy atom. The molecule has 0 spiro atoms. The number of ether oxygens (including phenoxy) is 3. The van der Waals surface area contributed by atoms with Gasteiger partial charge in [0.25, 0.3) is 0 Å². The second-order valence-electron chi connectivity index (χ2n) is 4.17. The highest BCUT2D eigenvalue weighted by molar-refractivity contribution is 6.29. The maximum Gasteiger partial charge on any atom is 0.203 e. The third kappa shape index (κ3) is 3.79. The van der Waals surface area contributed by atoms with Gasteiger partial charge >= 0.3 is 0 Å². The van der Waals surface area contributed by atoms with Gasteiger partial charge in [-0.05, 0) is 24.3 Å². The molecule has 2 aromatic rings. The minimum Gasteiger partial charge on any atom is -0.493 e. The lowest BCUT2D eigenvalue weighted by Crippen LogP contribution is -1.98. The Hall–Kier alpha value is -2.47. The highest BCUT2D eigenvalue weighted by Gasteiger charge is 2.12. The number of methoxy groups -OCH3 is 3. The Kier molecular flexibility index (Phi) is 5.43. The van der Waals surface area contributed by atoms with Gasteiger partial charge in [-0.15, -0.1) is 0 Å². The second kappa shape index (κ2) is 7.51. The SMILES string of the molecule is COc1cc(C=NNc2cccc(Cl)n2)cc(OC)c1OC. The van der Waals surface area contributed by atoms with Gasteiger partial charge in [-0.1, -0.05) is 17.7 Å². The van der Waals surface area contributed by atoms with E-state index < -0.39 is 0 Å². The number of halogens is 1. The van der Waals surface area contributed by atoms with Gasteiger partial charge in [0, 0.05) is 5.56 Å². The Morgan fingerprint density at radius 3 is 2.32 bits per heavy atom. The van der Waals surface area contributed by atoms with Crippen LogP contribution in [0.4, 0.5) is 5.82 Å². The van der Waals surface area contributed by atoms with Crippen molar-refractivity contribution in [3.05, 3.63) is 41.0 Å². The Morgan fingerprint density at radius 2 is 1.77 bits per heavy atom. The minimum atomic E-state index is 0.396. The van der Waals surface area contributed by atoms with Gasteiger partial charge in [-0.2, -0.15) is 5.10 Å². The summed E-state index contributed by atoms with van der Waals surface area (Å²) in [7, 11) is 4.68. The van der Waals surface area contributed by atoms with Gasteiger partial charge in [0.1, 0.15) is 11.0 Å². The van der Waals surface area contributed by atoms with E-state index in [2.05, 4.69) is 15.5 Å². The number of hydrogen-bond donors (Lipinski definition) is 1. The van der Waals surface area contributed by atoms with Crippen LogP contribution in [0.2, 0.25) is 5.15 Å². The van der Waals surface area contributed by atoms with Crippen molar-refractivity contribution in [2.24, 2.45) is 5.10 Å². The fourth-order valence-electron chi connectivity index (χ4n) is 1.82. The highest BCUT2D eigenvalue weighted by atomic mass is 35.5. The molecule has 22 heavy (non-hydrogen) atoms. The van der Waals surface area contributed by atoms with E-state index in [1.54, 1.807) is 57.9 Å². The number of hydrazone groups is 1. The molecule has 1 heterocycles. The zero-order valence-electron chi connectivity index (χ0n) is 12.5. The predicted octanol–water partition coefficient (Wildman–Crippen LogP) is 3.21. The van der Waals surface area contributed by atoms with Crippen LogP contribution in [0.1, 0.15) is 5.56 Å². The summed E-state index contributed by atoms with van der Waals surface area (Å²) in [5.74, 6) is 2.20. The number of anilines is 1. The summed E-state index contributed by atoms with van der Waals surface area (Å²) in [6.07, 6.45) is 1.62. The van der Waals surface area contributed by atoms with Crippen LogP contribution in [0, 0.1) is 0 Å². The molecule has 0 saturated carbocycles. The fraction of sp³-hybridized carbons (Fsp3) is 0.200. The number of nitrogens with one attached hydrogen (secondary N) is 1. The van der Waals surface area contributed by atoms with Gasteiger partial charge in [0.05, 0.1) is 27.5 Å². The Bertz CT molecular complexity index is 652. The van der Waals surface area contributed by atoms with Crippen molar-refractivity contribution in [2.45, 2.75) is 0 Å². The van der Waals surface area contributed by atoms with Gasteiger partial charge in [0.2, 0.25) is 5.75 Å². The molecular weight excluding hydrogens is 306 g/mol. The first-order valence-corrected chi connectivity index (χ1v) is 6.77. The van der Waals surface area contributed by atoms with Gasteiger partial charge < -0.3 is 14.2 Å². The molecule has 1 N–H and O–H groups in total. The maximum absolute atomic E-state index is 5.80. The van der Waals surface area contributed by atoms with E-state index in [0.717, 1.165) is 5.56 Å². The summed E-state index contributed by atoms with van der Waals surface area (Å²) in [6.45, 7) is 0. The van der Waals surface area contributed by atoms with E-state index in [1.165, 1.54) is 0 Å². The summed E-state index contributed by atoms with van der Waals surface area (Å²) in [6, 6.07) is 8.82. The zero-order chi connectivity index (χ0) is 15.9. The molecule has 0 fully saturated rings. The number of pyridine rings is 1. The zero-order valence-corrected chi connectivity index (χ0v) is 13.2. The quantitative estimate of drug-likeness (QED) is 0.503.